The van der Waals surface area contributed by atoms with Crippen molar-refractivity contribution in [3.8, 4) is 0 Å². The van der Waals surface area contributed by atoms with Crippen molar-refractivity contribution >= 4 is 52.1 Å². The van der Waals surface area contributed by atoms with Crippen LogP contribution in [0.15, 0.2) is 54.6 Å². The highest BCUT2D eigenvalue weighted by Crippen LogP contribution is 2.32. The van der Waals surface area contributed by atoms with E-state index in [0.29, 0.717) is 46.7 Å². The summed E-state index contributed by atoms with van der Waals surface area (Å²) in [5, 5.41) is 10.7. The minimum atomic E-state index is -0.284. The van der Waals surface area contributed by atoms with Crippen LogP contribution < -0.4 is 10.2 Å². The minimum Gasteiger partial charge on any atom is -0.463 e. The number of amides is 2. The summed E-state index contributed by atoms with van der Waals surface area (Å²) < 4.78 is 5.73. The molecule has 0 unspecified atom stereocenters. The lowest BCUT2D eigenvalue weighted by atomic mass is 10.1. The molecule has 32 heavy (non-hydrogen) atoms. The van der Waals surface area contributed by atoms with Crippen LogP contribution in [0.3, 0.4) is 0 Å². The Balaban J connectivity index is 1.31. The molecule has 0 radical (unpaired) electrons. The van der Waals surface area contributed by atoms with Gasteiger partial charge in [-0.3, -0.25) is 19.9 Å². The van der Waals surface area contributed by atoms with Crippen LogP contribution >= 0.6 is 22.9 Å². The van der Waals surface area contributed by atoms with Gasteiger partial charge in [-0.25, -0.2) is 0 Å². The normalized spacial score (nSPS) is 15.2. The third-order valence-corrected chi connectivity index (χ3v) is 6.71. The molecular formula is C23H19ClN4O3S. The number of carbonyl (C=O) groups excluding carboxylic acids is 2. The van der Waals surface area contributed by atoms with Crippen molar-refractivity contribution < 1.29 is 14.3 Å². The lowest BCUT2D eigenvalue weighted by Crippen LogP contribution is -2.25. The van der Waals surface area contributed by atoms with Crippen LogP contribution in [-0.2, 0) is 17.8 Å². The van der Waals surface area contributed by atoms with Crippen molar-refractivity contribution in [1.82, 2.24) is 4.90 Å². The number of ether oxygens (including phenoxy) is 1. The highest BCUT2D eigenvalue weighted by molar-refractivity contribution is 7.18. The molecular weight excluding hydrogens is 448 g/mol. The van der Waals surface area contributed by atoms with E-state index in [1.807, 2.05) is 36.4 Å². The first-order valence-corrected chi connectivity index (χ1v) is 11.2. The molecule has 0 bridgehead atoms. The van der Waals surface area contributed by atoms with Gasteiger partial charge in [-0.1, -0.05) is 35.9 Å². The molecule has 7 nitrogen and oxygen atoms in total. The van der Waals surface area contributed by atoms with Gasteiger partial charge in [0.15, 0.2) is 0 Å². The first-order valence-electron chi connectivity index (χ1n) is 10.1. The van der Waals surface area contributed by atoms with Gasteiger partial charge in [0.1, 0.15) is 6.61 Å². The average molecular weight is 467 g/mol. The highest BCUT2D eigenvalue weighted by Gasteiger charge is 2.30. The van der Waals surface area contributed by atoms with Crippen molar-refractivity contribution in [2.75, 3.05) is 23.4 Å². The van der Waals surface area contributed by atoms with E-state index < -0.39 is 0 Å². The monoisotopic (exact) mass is 466 g/mol. The van der Waals surface area contributed by atoms with E-state index in [1.165, 1.54) is 11.3 Å². The lowest BCUT2D eigenvalue weighted by molar-refractivity contribution is 0.0767. The number of carbonyl (C=O) groups is 2. The molecule has 1 fully saturated rings. The van der Waals surface area contributed by atoms with Crippen LogP contribution in [0.4, 0.5) is 11.4 Å². The Morgan fingerprint density at radius 2 is 1.97 bits per heavy atom. The fourth-order valence-corrected chi connectivity index (χ4v) is 4.87. The Labute approximate surface area is 193 Å². The van der Waals surface area contributed by atoms with Crippen molar-refractivity contribution in [3.05, 3.63) is 80.5 Å². The molecule has 2 N–H and O–H groups in total. The number of rotatable bonds is 5. The van der Waals surface area contributed by atoms with Gasteiger partial charge in [0, 0.05) is 18.8 Å². The number of halogens is 1. The highest BCUT2D eigenvalue weighted by atomic mass is 35.5. The first kappa shape index (κ1) is 20.5. The van der Waals surface area contributed by atoms with Crippen molar-refractivity contribution in [2.24, 2.45) is 0 Å². The number of hydrogen-bond donors (Lipinski definition) is 2. The van der Waals surface area contributed by atoms with Gasteiger partial charge in [0.05, 0.1) is 27.0 Å². The second kappa shape index (κ2) is 8.29. The SMILES string of the molecule is N=C1OCCN1c1ccc(CN2Cc3cccc(NC(=O)c4ccc(Cl)s4)c3C2=O)cc1. The van der Waals surface area contributed by atoms with Crippen molar-refractivity contribution in [3.63, 3.8) is 0 Å². The number of nitrogens with zero attached hydrogens (tertiary/aromatic N) is 2. The van der Waals surface area contributed by atoms with E-state index in [2.05, 4.69) is 5.32 Å². The summed E-state index contributed by atoms with van der Waals surface area (Å²) in [4.78, 5) is 29.8. The van der Waals surface area contributed by atoms with Gasteiger partial charge in [-0.2, -0.15) is 0 Å². The average Bonchev–Trinajstić information content (AvgIpc) is 3.49. The Morgan fingerprint density at radius 1 is 1.16 bits per heavy atom. The number of nitrogens with one attached hydrogen (secondary N) is 2. The Morgan fingerprint density at radius 3 is 2.66 bits per heavy atom. The van der Waals surface area contributed by atoms with Crippen LogP contribution in [0.2, 0.25) is 4.34 Å². The maximum atomic E-state index is 13.2. The summed E-state index contributed by atoms with van der Waals surface area (Å²) >= 11 is 7.13. The number of hydrogen-bond acceptors (Lipinski definition) is 5. The van der Waals surface area contributed by atoms with Crippen LogP contribution in [0, 0.1) is 5.41 Å². The third-order valence-electron chi connectivity index (χ3n) is 5.48. The molecule has 0 aliphatic carbocycles. The molecule has 3 heterocycles. The molecule has 2 aliphatic heterocycles. The van der Waals surface area contributed by atoms with E-state index >= 15 is 0 Å². The number of thiophene rings is 1. The largest absolute Gasteiger partial charge is 0.463 e. The zero-order valence-electron chi connectivity index (χ0n) is 16.9. The molecule has 0 saturated carbocycles. The Bertz CT molecular complexity index is 1220. The lowest BCUT2D eigenvalue weighted by Gasteiger charge is -2.18. The summed E-state index contributed by atoms with van der Waals surface area (Å²) in [5.74, 6) is -0.396. The first-order chi connectivity index (χ1) is 15.5. The molecule has 162 valence electrons. The number of fused-ring (bicyclic) bond motifs is 1. The summed E-state index contributed by atoms with van der Waals surface area (Å²) in [6.45, 7) is 2.11. The van der Waals surface area contributed by atoms with Crippen LogP contribution in [0.25, 0.3) is 0 Å². The molecule has 5 rings (SSSR count). The van der Waals surface area contributed by atoms with E-state index in [-0.39, 0.29) is 17.8 Å². The van der Waals surface area contributed by atoms with E-state index in [1.54, 1.807) is 28.0 Å². The zero-order valence-corrected chi connectivity index (χ0v) is 18.5. The molecule has 1 aromatic heterocycles. The third kappa shape index (κ3) is 3.83. The van der Waals surface area contributed by atoms with Gasteiger partial charge in [0.25, 0.3) is 17.8 Å². The predicted molar refractivity (Wildman–Crippen MR) is 125 cm³/mol. The summed E-state index contributed by atoms with van der Waals surface area (Å²) in [7, 11) is 0. The van der Waals surface area contributed by atoms with Gasteiger partial charge >= 0.3 is 0 Å². The molecule has 1 saturated heterocycles. The molecule has 0 atom stereocenters. The van der Waals surface area contributed by atoms with Gasteiger partial charge in [0.2, 0.25) is 0 Å². The smallest absolute Gasteiger partial charge is 0.289 e. The van der Waals surface area contributed by atoms with Crippen LogP contribution in [0.5, 0.6) is 0 Å². The number of amidine groups is 1. The number of benzene rings is 2. The van der Waals surface area contributed by atoms with Crippen LogP contribution in [0.1, 0.15) is 31.2 Å². The number of anilines is 2. The minimum absolute atomic E-state index is 0.112. The molecule has 0 spiro atoms. The molecule has 3 aromatic rings. The van der Waals surface area contributed by atoms with Crippen LogP contribution in [-0.4, -0.2) is 35.9 Å². The second-order valence-electron chi connectivity index (χ2n) is 7.53. The standard InChI is InChI=1S/C23H19ClN4O3S/c24-19-9-8-18(32-19)21(29)26-17-3-1-2-15-13-27(22(30)20(15)17)12-14-4-6-16(7-5-14)28-10-11-31-23(28)25/h1-9,25H,10-13H2,(H,26,29). The topological polar surface area (TPSA) is 85.7 Å². The Hall–Kier alpha value is -3.36. The quantitative estimate of drug-likeness (QED) is 0.576. The van der Waals surface area contributed by atoms with E-state index in [0.717, 1.165) is 16.8 Å². The fraction of sp³-hybridized carbons (Fsp3) is 0.174. The predicted octanol–water partition coefficient (Wildman–Crippen LogP) is 4.58. The summed E-state index contributed by atoms with van der Waals surface area (Å²) in [5.41, 5.74) is 3.80. The van der Waals surface area contributed by atoms with Crippen molar-refractivity contribution in [2.45, 2.75) is 13.1 Å². The molecule has 2 amide bonds. The second-order valence-corrected chi connectivity index (χ2v) is 9.25. The molecule has 2 aliphatic rings. The summed E-state index contributed by atoms with van der Waals surface area (Å²) in [6, 6.07) is 16.8. The molecule has 2 aromatic carbocycles. The van der Waals surface area contributed by atoms with Gasteiger partial charge < -0.3 is 15.0 Å². The van der Waals surface area contributed by atoms with Gasteiger partial charge in [-0.05, 0) is 41.5 Å². The maximum Gasteiger partial charge on any atom is 0.289 e. The maximum absolute atomic E-state index is 13.2. The van der Waals surface area contributed by atoms with E-state index in [4.69, 9.17) is 21.7 Å². The van der Waals surface area contributed by atoms with Gasteiger partial charge in [-0.15, -0.1) is 11.3 Å². The summed E-state index contributed by atoms with van der Waals surface area (Å²) in [6.07, 6.45) is 0. The van der Waals surface area contributed by atoms with E-state index in [9.17, 15) is 9.59 Å². The Kier molecular flexibility index (Phi) is 5.32. The van der Waals surface area contributed by atoms with Crippen molar-refractivity contribution in [1.29, 1.82) is 5.41 Å². The fourth-order valence-electron chi connectivity index (χ4n) is 3.93. The molecule has 9 heteroatoms. The zero-order chi connectivity index (χ0) is 22.2.